The molecule has 0 fully saturated rings. The molecule has 1 unspecified atom stereocenters. The quantitative estimate of drug-likeness (QED) is 0.104. The van der Waals surface area contributed by atoms with Gasteiger partial charge in [0.2, 0.25) is 16.9 Å². The zero-order chi connectivity index (χ0) is 33.7. The summed E-state index contributed by atoms with van der Waals surface area (Å²) in [5.74, 6) is 2.10. The summed E-state index contributed by atoms with van der Waals surface area (Å²) in [6.07, 6.45) is 0.382. The van der Waals surface area contributed by atoms with Crippen LogP contribution in [-0.4, -0.2) is 67.1 Å². The van der Waals surface area contributed by atoms with Crippen molar-refractivity contribution in [2.75, 3.05) is 47.9 Å². The molecule has 0 spiro atoms. The van der Waals surface area contributed by atoms with Crippen molar-refractivity contribution in [2.24, 2.45) is 10.2 Å². The second kappa shape index (κ2) is 14.4. The van der Waals surface area contributed by atoms with E-state index < -0.39 is 26.4 Å². The Kier molecular flexibility index (Phi) is 10.4. The first kappa shape index (κ1) is 33.8. The molecule has 1 aliphatic rings. The van der Waals surface area contributed by atoms with Crippen molar-refractivity contribution in [1.82, 2.24) is 0 Å². The van der Waals surface area contributed by atoms with Gasteiger partial charge < -0.3 is 37.0 Å². The molecule has 250 valence electrons. The van der Waals surface area contributed by atoms with Gasteiger partial charge in [-0.15, -0.1) is 21.1 Å². The van der Waals surface area contributed by atoms with Gasteiger partial charge in [0.05, 0.1) is 47.7 Å². The number of rotatable bonds is 13. The van der Waals surface area contributed by atoms with Gasteiger partial charge in [0.15, 0.2) is 17.3 Å². The van der Waals surface area contributed by atoms with Crippen molar-refractivity contribution >= 4 is 54.4 Å². The summed E-state index contributed by atoms with van der Waals surface area (Å²) in [6.45, 7) is 0.0516. The van der Waals surface area contributed by atoms with Crippen LogP contribution >= 0.6 is 22.5 Å². The predicted octanol–water partition coefficient (Wildman–Crippen LogP) is 5.64. The molecule has 4 aromatic rings. The Hall–Kier alpha value is -4.60. The topological polar surface area (TPSA) is 154 Å². The molecule has 3 aromatic carbocycles. The van der Waals surface area contributed by atoms with Crippen molar-refractivity contribution < 1.29 is 45.4 Å². The predicted molar refractivity (Wildman–Crippen MR) is 180 cm³/mol. The number of methoxy groups -OCH3 is 5. The molecule has 1 atom stereocenters. The molecule has 1 aliphatic heterocycles. The highest BCUT2D eigenvalue weighted by Gasteiger charge is 2.27. The fraction of sp³-hybridized carbons (Fsp3) is 0.258. The molecule has 0 radical (unpaired) electrons. The number of ether oxygens (including phenoxy) is 6. The van der Waals surface area contributed by atoms with Gasteiger partial charge in [0.1, 0.15) is 27.4 Å². The van der Waals surface area contributed by atoms with Crippen molar-refractivity contribution in [3.8, 4) is 45.8 Å². The van der Waals surface area contributed by atoms with E-state index in [4.69, 9.17) is 48.6 Å². The lowest BCUT2D eigenvalue weighted by Gasteiger charge is -2.17. The van der Waals surface area contributed by atoms with E-state index in [0.29, 0.717) is 45.8 Å². The Labute approximate surface area is 278 Å². The summed E-state index contributed by atoms with van der Waals surface area (Å²) in [5.41, 5.74) is 1.68. The zero-order valence-corrected chi connectivity index (χ0v) is 28.4. The average Bonchev–Trinajstić information content (AvgIpc) is 3.51. The SMILES string of the molecule is COc1cc(OC)c2c(=O)c(OCCC[SH]3C=NN=C3OS(=O)(=O)c3ccc(Cl)cc3)c(-c3cc(OC)c(OC)c(OC)c3)oc2c1. The Morgan fingerprint density at radius 1 is 0.851 bits per heavy atom. The van der Waals surface area contributed by atoms with Crippen molar-refractivity contribution in [2.45, 2.75) is 11.3 Å². The highest BCUT2D eigenvalue weighted by molar-refractivity contribution is 8.40. The summed E-state index contributed by atoms with van der Waals surface area (Å²) in [4.78, 5) is 14.0. The molecule has 0 saturated carbocycles. The van der Waals surface area contributed by atoms with Crippen LogP contribution in [0.4, 0.5) is 0 Å². The van der Waals surface area contributed by atoms with Gasteiger partial charge >= 0.3 is 10.1 Å². The molecule has 0 amide bonds. The van der Waals surface area contributed by atoms with E-state index >= 15 is 0 Å². The summed E-state index contributed by atoms with van der Waals surface area (Å²) >= 11 is 5.88. The van der Waals surface area contributed by atoms with Gasteiger partial charge in [0.25, 0.3) is 5.23 Å². The smallest absolute Gasteiger partial charge is 0.341 e. The van der Waals surface area contributed by atoms with Gasteiger partial charge in [0, 0.05) is 22.7 Å². The van der Waals surface area contributed by atoms with E-state index in [-0.39, 0.29) is 45.0 Å². The van der Waals surface area contributed by atoms with Crippen LogP contribution in [0.15, 0.2) is 72.8 Å². The number of hydrogen-bond donors (Lipinski definition) is 1. The molecule has 5 rings (SSSR count). The lowest BCUT2D eigenvalue weighted by atomic mass is 10.1. The van der Waals surface area contributed by atoms with E-state index in [0.717, 1.165) is 0 Å². The average molecular weight is 707 g/mol. The Balaban J connectivity index is 1.44. The lowest BCUT2D eigenvalue weighted by Crippen LogP contribution is -2.16. The second-order valence-electron chi connectivity index (χ2n) is 9.71. The fourth-order valence-electron chi connectivity index (χ4n) is 4.67. The second-order valence-corrected chi connectivity index (χ2v) is 13.7. The fourth-order valence-corrected chi connectivity index (χ4v) is 7.49. The van der Waals surface area contributed by atoms with Crippen LogP contribution in [0.1, 0.15) is 6.42 Å². The summed E-state index contributed by atoms with van der Waals surface area (Å²) in [6, 6.07) is 12.0. The van der Waals surface area contributed by atoms with Gasteiger partial charge in [-0.25, -0.2) is 0 Å². The summed E-state index contributed by atoms with van der Waals surface area (Å²) in [7, 11) is 1.90. The minimum Gasteiger partial charge on any atom is -0.496 e. The number of fused-ring (bicyclic) bond motifs is 1. The van der Waals surface area contributed by atoms with Crippen LogP contribution in [0.2, 0.25) is 5.02 Å². The van der Waals surface area contributed by atoms with E-state index in [9.17, 15) is 13.2 Å². The Bertz CT molecular complexity index is 1990. The summed E-state index contributed by atoms with van der Waals surface area (Å²) < 4.78 is 70.7. The molecule has 1 aromatic heterocycles. The van der Waals surface area contributed by atoms with Crippen LogP contribution in [0.25, 0.3) is 22.3 Å². The van der Waals surface area contributed by atoms with Crippen molar-refractivity contribution in [3.63, 3.8) is 0 Å². The normalized spacial score (nSPS) is 14.9. The first-order chi connectivity index (χ1) is 22.6. The van der Waals surface area contributed by atoms with Gasteiger partial charge in [-0.05, 0) is 48.6 Å². The van der Waals surface area contributed by atoms with Crippen LogP contribution < -0.4 is 33.8 Å². The minimum absolute atomic E-state index is 0.0167. The highest BCUT2D eigenvalue weighted by Crippen LogP contribution is 2.44. The van der Waals surface area contributed by atoms with Crippen LogP contribution in [-0.2, 0) is 14.3 Å². The van der Waals surface area contributed by atoms with Crippen LogP contribution in [0, 0.1) is 0 Å². The first-order valence-corrected chi connectivity index (χ1v) is 17.3. The number of thiol groups is 1. The molecule has 0 bridgehead atoms. The molecule has 2 heterocycles. The van der Waals surface area contributed by atoms with Crippen molar-refractivity contribution in [3.05, 3.63) is 63.8 Å². The maximum Gasteiger partial charge on any atom is 0.341 e. The number of nitrogens with zero attached hydrogens (tertiary/aromatic N) is 2. The number of hydrogen-bond acceptors (Lipinski definition) is 13. The maximum atomic E-state index is 14.0. The van der Waals surface area contributed by atoms with Gasteiger partial charge in [-0.3, -0.25) is 4.79 Å². The third kappa shape index (κ3) is 7.06. The number of halogens is 1. The van der Waals surface area contributed by atoms with E-state index in [2.05, 4.69) is 10.2 Å². The van der Waals surface area contributed by atoms with E-state index in [1.807, 2.05) is 0 Å². The standard InChI is InChI=1S/C31H31ClN2O11S2/c1-38-20-15-22(39-2)26-23(16-20)44-28(18-13-24(40-3)29(42-5)25(14-18)41-4)30(27(26)35)43-11-6-12-46-17-33-34-31(46)45-47(36,37)21-9-7-19(32)8-10-21/h7-10,13-17,46H,6,11-12H2,1-5H3. The van der Waals surface area contributed by atoms with Gasteiger partial charge in [-0.1, -0.05) is 11.6 Å². The molecular formula is C31H31ClN2O11S2. The molecule has 16 heteroatoms. The third-order valence-electron chi connectivity index (χ3n) is 6.93. The molecule has 47 heavy (non-hydrogen) atoms. The molecule has 0 aliphatic carbocycles. The minimum atomic E-state index is -4.15. The van der Waals surface area contributed by atoms with E-state index in [1.165, 1.54) is 59.8 Å². The Morgan fingerprint density at radius 2 is 1.53 bits per heavy atom. The molecular weight excluding hydrogens is 676 g/mol. The molecule has 0 saturated heterocycles. The van der Waals surface area contributed by atoms with Gasteiger partial charge in [-0.2, -0.15) is 8.42 Å². The highest BCUT2D eigenvalue weighted by atomic mass is 35.5. The van der Waals surface area contributed by atoms with Crippen LogP contribution in [0.3, 0.4) is 0 Å². The van der Waals surface area contributed by atoms with Crippen LogP contribution in [0.5, 0.6) is 34.5 Å². The Morgan fingerprint density at radius 3 is 2.15 bits per heavy atom. The van der Waals surface area contributed by atoms with Crippen molar-refractivity contribution in [1.29, 1.82) is 0 Å². The van der Waals surface area contributed by atoms with E-state index in [1.54, 1.807) is 29.8 Å². The number of benzene rings is 3. The lowest BCUT2D eigenvalue weighted by molar-refractivity contribution is 0.309. The summed E-state index contributed by atoms with van der Waals surface area (Å²) in [5, 5.41) is 8.29. The molecule has 0 N–H and O–H groups in total. The largest absolute Gasteiger partial charge is 0.496 e. The molecule has 13 nitrogen and oxygen atoms in total. The first-order valence-electron chi connectivity index (χ1n) is 13.9. The maximum absolute atomic E-state index is 14.0. The third-order valence-corrected chi connectivity index (χ3v) is 10.4. The zero-order valence-electron chi connectivity index (χ0n) is 25.9. The monoisotopic (exact) mass is 706 g/mol.